The average molecular weight is 245 g/mol. The molecule has 1 aliphatic rings. The summed E-state index contributed by atoms with van der Waals surface area (Å²) >= 11 is 3.22. The number of aromatic nitrogens is 1. The van der Waals surface area contributed by atoms with Gasteiger partial charge < -0.3 is 9.32 Å². The van der Waals surface area contributed by atoms with Gasteiger partial charge in [0.05, 0.1) is 6.20 Å². The van der Waals surface area contributed by atoms with Gasteiger partial charge in [-0.25, -0.2) is 4.98 Å². The third-order valence-corrected chi connectivity index (χ3v) is 2.98. The average Bonchev–Trinajstić information content (AvgIpc) is 2.53. The Balaban J connectivity index is 2.02. The molecule has 0 saturated carbocycles. The van der Waals surface area contributed by atoms with E-state index in [1.54, 1.807) is 0 Å². The number of oxazole rings is 1. The van der Waals surface area contributed by atoms with Crippen molar-refractivity contribution in [3.63, 3.8) is 0 Å². The molecule has 72 valence electrons. The lowest BCUT2D eigenvalue weighted by molar-refractivity contribution is 0.239. The molecule has 0 aromatic carbocycles. The van der Waals surface area contributed by atoms with Crippen LogP contribution in [0.4, 0.5) is 0 Å². The zero-order valence-electron chi connectivity index (χ0n) is 7.66. The van der Waals surface area contributed by atoms with Gasteiger partial charge >= 0.3 is 0 Å². The van der Waals surface area contributed by atoms with Crippen molar-refractivity contribution >= 4 is 15.9 Å². The molecule has 0 unspecified atom stereocenters. The number of rotatable bonds is 1. The van der Waals surface area contributed by atoms with E-state index in [2.05, 4.69) is 32.9 Å². The summed E-state index contributed by atoms with van der Waals surface area (Å²) in [6.07, 6.45) is 4.19. The highest BCUT2D eigenvalue weighted by Crippen LogP contribution is 2.28. The van der Waals surface area contributed by atoms with Gasteiger partial charge in [0.15, 0.2) is 0 Å². The van der Waals surface area contributed by atoms with Gasteiger partial charge in [0.25, 0.3) is 4.80 Å². The third kappa shape index (κ3) is 2.11. The smallest absolute Gasteiger partial charge is 0.264 e. The van der Waals surface area contributed by atoms with Crippen molar-refractivity contribution in [3.05, 3.63) is 16.8 Å². The minimum atomic E-state index is 0.565. The number of hydrogen-bond acceptors (Lipinski definition) is 3. The van der Waals surface area contributed by atoms with Crippen LogP contribution in [-0.4, -0.2) is 30.0 Å². The molecule has 13 heavy (non-hydrogen) atoms. The fourth-order valence-electron chi connectivity index (χ4n) is 1.75. The first-order valence-electron chi connectivity index (χ1n) is 4.55. The Morgan fingerprint density at radius 3 is 2.77 bits per heavy atom. The maximum absolute atomic E-state index is 5.45. The molecule has 0 atom stereocenters. The van der Waals surface area contributed by atoms with Crippen LogP contribution in [0.1, 0.15) is 24.5 Å². The molecule has 0 amide bonds. The second-order valence-corrected chi connectivity index (χ2v) is 4.27. The summed E-state index contributed by atoms with van der Waals surface area (Å²) in [5, 5.41) is 0. The van der Waals surface area contributed by atoms with Gasteiger partial charge in [-0.05, 0) is 33.0 Å². The summed E-state index contributed by atoms with van der Waals surface area (Å²) in [6, 6.07) is 0. The predicted octanol–water partition coefficient (Wildman–Crippen LogP) is 2.25. The van der Waals surface area contributed by atoms with Crippen LogP contribution in [-0.2, 0) is 0 Å². The first-order valence-corrected chi connectivity index (χ1v) is 5.35. The van der Waals surface area contributed by atoms with E-state index in [1.807, 2.05) is 6.20 Å². The number of nitrogens with zero attached hydrogens (tertiary/aromatic N) is 2. The van der Waals surface area contributed by atoms with Crippen LogP contribution in [0.5, 0.6) is 0 Å². The molecule has 0 N–H and O–H groups in total. The molecular formula is C9H13BrN2O. The minimum absolute atomic E-state index is 0.565. The molecule has 1 fully saturated rings. The topological polar surface area (TPSA) is 29.3 Å². The summed E-state index contributed by atoms with van der Waals surface area (Å²) in [4.78, 5) is 6.99. The fourth-order valence-corrected chi connectivity index (χ4v) is 2.04. The lowest BCUT2D eigenvalue weighted by Gasteiger charge is -2.27. The SMILES string of the molecule is CN1CCC(c2cnc(Br)o2)CC1. The van der Waals surface area contributed by atoms with E-state index in [0.717, 1.165) is 18.8 Å². The van der Waals surface area contributed by atoms with Gasteiger partial charge in [0.1, 0.15) is 5.76 Å². The molecule has 4 heteroatoms. The first kappa shape index (κ1) is 9.21. The van der Waals surface area contributed by atoms with Crippen molar-refractivity contribution in [2.45, 2.75) is 18.8 Å². The Labute approximate surface area is 86.3 Å². The fraction of sp³-hybridized carbons (Fsp3) is 0.667. The standard InChI is InChI=1S/C9H13BrN2O/c1-12-4-2-7(3-5-12)8-6-11-9(10)13-8/h6-7H,2-5H2,1H3. The summed E-state index contributed by atoms with van der Waals surface area (Å²) < 4.78 is 5.45. The highest BCUT2D eigenvalue weighted by Gasteiger charge is 2.21. The molecule has 3 nitrogen and oxygen atoms in total. The van der Waals surface area contributed by atoms with Crippen LogP contribution in [0.25, 0.3) is 0 Å². The summed E-state index contributed by atoms with van der Waals surface area (Å²) in [5.74, 6) is 1.59. The molecule has 0 aliphatic carbocycles. The van der Waals surface area contributed by atoms with Crippen LogP contribution in [0.3, 0.4) is 0 Å². The predicted molar refractivity (Wildman–Crippen MR) is 53.7 cm³/mol. The third-order valence-electron chi connectivity index (χ3n) is 2.62. The van der Waals surface area contributed by atoms with Gasteiger partial charge in [0, 0.05) is 21.8 Å². The first-order chi connectivity index (χ1) is 6.25. The largest absolute Gasteiger partial charge is 0.436 e. The quantitative estimate of drug-likeness (QED) is 0.759. The lowest BCUT2D eigenvalue weighted by atomic mass is 9.95. The van der Waals surface area contributed by atoms with Gasteiger partial charge in [0.2, 0.25) is 0 Å². The van der Waals surface area contributed by atoms with Crippen molar-refractivity contribution in [1.29, 1.82) is 0 Å². The molecule has 1 aromatic heterocycles. The zero-order valence-corrected chi connectivity index (χ0v) is 9.25. The second-order valence-electron chi connectivity index (χ2n) is 3.59. The molecule has 2 heterocycles. The molecule has 1 saturated heterocycles. The van der Waals surface area contributed by atoms with E-state index in [1.165, 1.54) is 12.8 Å². The Morgan fingerprint density at radius 1 is 1.54 bits per heavy atom. The lowest BCUT2D eigenvalue weighted by Crippen LogP contribution is -2.29. The van der Waals surface area contributed by atoms with Crippen LogP contribution in [0.2, 0.25) is 0 Å². The van der Waals surface area contributed by atoms with E-state index in [0.29, 0.717) is 10.7 Å². The number of hydrogen-bond donors (Lipinski definition) is 0. The van der Waals surface area contributed by atoms with Gasteiger partial charge in [-0.1, -0.05) is 0 Å². The van der Waals surface area contributed by atoms with Crippen LogP contribution >= 0.6 is 15.9 Å². The molecule has 1 aliphatic heterocycles. The molecule has 0 spiro atoms. The minimum Gasteiger partial charge on any atom is -0.436 e. The van der Waals surface area contributed by atoms with E-state index in [4.69, 9.17) is 4.42 Å². The summed E-state index contributed by atoms with van der Waals surface area (Å²) in [6.45, 7) is 2.31. The van der Waals surface area contributed by atoms with Gasteiger partial charge in [-0.15, -0.1) is 0 Å². The maximum atomic E-state index is 5.45. The van der Waals surface area contributed by atoms with Crippen LogP contribution in [0.15, 0.2) is 15.4 Å². The van der Waals surface area contributed by atoms with Crippen molar-refractivity contribution in [1.82, 2.24) is 9.88 Å². The van der Waals surface area contributed by atoms with Gasteiger partial charge in [-0.3, -0.25) is 0 Å². The van der Waals surface area contributed by atoms with E-state index in [-0.39, 0.29) is 0 Å². The van der Waals surface area contributed by atoms with Crippen LogP contribution < -0.4 is 0 Å². The maximum Gasteiger partial charge on any atom is 0.264 e. The molecule has 0 radical (unpaired) electrons. The molecule has 2 rings (SSSR count). The van der Waals surface area contributed by atoms with Crippen LogP contribution in [0, 0.1) is 0 Å². The normalized spacial score (nSPS) is 20.8. The summed E-state index contributed by atoms with van der Waals surface area (Å²) in [5.41, 5.74) is 0. The number of likely N-dealkylation sites (tertiary alicyclic amines) is 1. The van der Waals surface area contributed by atoms with E-state index >= 15 is 0 Å². The molecule has 1 aromatic rings. The molecular weight excluding hydrogens is 232 g/mol. The van der Waals surface area contributed by atoms with E-state index < -0.39 is 0 Å². The highest BCUT2D eigenvalue weighted by molar-refractivity contribution is 9.10. The van der Waals surface area contributed by atoms with Crippen molar-refractivity contribution in [2.75, 3.05) is 20.1 Å². The Bertz CT molecular complexity index is 279. The zero-order chi connectivity index (χ0) is 9.26. The summed E-state index contributed by atoms with van der Waals surface area (Å²) in [7, 11) is 2.16. The number of piperidine rings is 1. The monoisotopic (exact) mass is 244 g/mol. The van der Waals surface area contributed by atoms with Crippen molar-refractivity contribution < 1.29 is 4.42 Å². The van der Waals surface area contributed by atoms with Crippen molar-refractivity contribution in [2.24, 2.45) is 0 Å². The highest BCUT2D eigenvalue weighted by atomic mass is 79.9. The van der Waals surface area contributed by atoms with E-state index in [9.17, 15) is 0 Å². The van der Waals surface area contributed by atoms with Gasteiger partial charge in [-0.2, -0.15) is 0 Å². The Hall–Kier alpha value is -0.350. The molecule has 0 bridgehead atoms. The Kier molecular flexibility index (Phi) is 2.69. The van der Waals surface area contributed by atoms with Crippen molar-refractivity contribution in [3.8, 4) is 0 Å². The Morgan fingerprint density at radius 2 is 2.23 bits per heavy atom. The second kappa shape index (κ2) is 3.80. The number of halogens is 1.